The number of hydrogen-bond donors (Lipinski definition) is 2. The summed E-state index contributed by atoms with van der Waals surface area (Å²) in [5.74, 6) is 1.38. The van der Waals surface area contributed by atoms with Crippen LogP contribution in [0.3, 0.4) is 0 Å². The number of aryl methyl sites for hydroxylation is 3. The molecule has 2 N–H and O–H groups in total. The zero-order valence-corrected chi connectivity index (χ0v) is 26.6. The van der Waals surface area contributed by atoms with Gasteiger partial charge in [-0.1, -0.05) is 92.7 Å². The van der Waals surface area contributed by atoms with Crippen LogP contribution in [-0.4, -0.2) is 41.0 Å². The second-order valence-corrected chi connectivity index (χ2v) is 10.8. The molecule has 1 aliphatic heterocycles. The van der Waals surface area contributed by atoms with E-state index >= 15 is 0 Å². The van der Waals surface area contributed by atoms with Crippen LogP contribution >= 0.6 is 37.2 Å². The van der Waals surface area contributed by atoms with Crippen LogP contribution < -0.4 is 5.32 Å². The molecule has 4 aromatic rings. The smallest absolute Gasteiger partial charge is 0.137 e. The van der Waals surface area contributed by atoms with E-state index in [1.807, 2.05) is 0 Å². The number of nitrogens with one attached hydrogen (secondary N) is 2. The van der Waals surface area contributed by atoms with E-state index in [1.54, 1.807) is 0 Å². The van der Waals surface area contributed by atoms with E-state index in [-0.39, 0.29) is 48.7 Å². The average Bonchev–Trinajstić information content (AvgIpc) is 3.31. The molecule has 1 atom stereocenters. The third kappa shape index (κ3) is 6.12. The molecule has 1 aliphatic rings. The van der Waals surface area contributed by atoms with Gasteiger partial charge in [-0.15, -0.1) is 37.2 Å². The highest BCUT2D eigenvalue weighted by molar-refractivity contribution is 5.86. The molecule has 1 aromatic heterocycles. The zero-order valence-electron chi connectivity index (χ0n) is 24.1. The Hall–Kier alpha value is -2.34. The lowest BCUT2D eigenvalue weighted by atomic mass is 9.64. The van der Waals surface area contributed by atoms with Crippen molar-refractivity contribution in [2.24, 2.45) is 5.92 Å². The molecule has 2 heterocycles. The molecular formula is C33H43Cl3N4. The summed E-state index contributed by atoms with van der Waals surface area (Å²) in [5, 5.41) is 3.59. The number of piperazine rings is 1. The van der Waals surface area contributed by atoms with Crippen LogP contribution in [0.15, 0.2) is 78.9 Å². The van der Waals surface area contributed by atoms with Gasteiger partial charge in [0, 0.05) is 43.4 Å². The fourth-order valence-corrected chi connectivity index (χ4v) is 6.52. The fraction of sp³-hybridized carbons (Fsp3) is 0.364. The van der Waals surface area contributed by atoms with Gasteiger partial charge in [-0.2, -0.15) is 0 Å². The van der Waals surface area contributed by atoms with Gasteiger partial charge in [-0.05, 0) is 48.9 Å². The van der Waals surface area contributed by atoms with E-state index in [9.17, 15) is 0 Å². The second kappa shape index (κ2) is 14.5. The van der Waals surface area contributed by atoms with Crippen molar-refractivity contribution in [3.63, 3.8) is 0 Å². The predicted molar refractivity (Wildman–Crippen MR) is 176 cm³/mol. The van der Waals surface area contributed by atoms with Crippen LogP contribution in [0, 0.1) is 26.7 Å². The molecule has 4 nitrogen and oxygen atoms in total. The quantitative estimate of drug-likeness (QED) is 0.227. The predicted octanol–water partition coefficient (Wildman–Crippen LogP) is 7.86. The third-order valence-corrected chi connectivity index (χ3v) is 8.27. The van der Waals surface area contributed by atoms with Crippen LogP contribution in [0.2, 0.25) is 0 Å². The maximum absolute atomic E-state index is 5.46. The highest BCUT2D eigenvalue weighted by Crippen LogP contribution is 2.52. The molecule has 0 radical (unpaired) electrons. The van der Waals surface area contributed by atoms with Crippen molar-refractivity contribution < 1.29 is 0 Å². The van der Waals surface area contributed by atoms with Crippen LogP contribution in [0.5, 0.6) is 0 Å². The maximum Gasteiger partial charge on any atom is 0.137 e. The molecule has 1 unspecified atom stereocenters. The molecule has 40 heavy (non-hydrogen) atoms. The lowest BCUT2D eigenvalue weighted by Gasteiger charge is -2.53. The largest absolute Gasteiger partial charge is 0.342 e. The molecule has 7 heteroatoms. The Morgan fingerprint density at radius 2 is 1.23 bits per heavy atom. The first kappa shape index (κ1) is 33.9. The van der Waals surface area contributed by atoms with Crippen molar-refractivity contribution in [3.8, 4) is 11.4 Å². The van der Waals surface area contributed by atoms with Crippen LogP contribution in [-0.2, 0) is 5.54 Å². The molecule has 1 saturated heterocycles. The van der Waals surface area contributed by atoms with E-state index in [0.717, 1.165) is 43.3 Å². The monoisotopic (exact) mass is 600 g/mol. The van der Waals surface area contributed by atoms with Gasteiger partial charge in [0.2, 0.25) is 0 Å². The van der Waals surface area contributed by atoms with E-state index in [4.69, 9.17) is 4.98 Å². The number of aromatic amines is 1. The molecule has 0 saturated carbocycles. The Kier molecular flexibility index (Phi) is 12.3. The fourth-order valence-electron chi connectivity index (χ4n) is 6.52. The van der Waals surface area contributed by atoms with Crippen molar-refractivity contribution in [3.05, 3.63) is 113 Å². The van der Waals surface area contributed by atoms with Crippen LogP contribution in [0.25, 0.3) is 11.4 Å². The Balaban J connectivity index is 0.00000187. The summed E-state index contributed by atoms with van der Waals surface area (Å²) in [5.41, 5.74) is 8.52. The molecule has 0 spiro atoms. The van der Waals surface area contributed by atoms with Crippen LogP contribution in [0.4, 0.5) is 0 Å². The molecule has 1 fully saturated rings. The number of halogens is 3. The summed E-state index contributed by atoms with van der Waals surface area (Å²) in [4.78, 5) is 11.9. The van der Waals surface area contributed by atoms with Crippen molar-refractivity contribution in [2.75, 3.05) is 26.2 Å². The summed E-state index contributed by atoms with van der Waals surface area (Å²) in [6, 6.07) is 28.4. The van der Waals surface area contributed by atoms with E-state index in [1.165, 1.54) is 27.9 Å². The minimum absolute atomic E-state index is 0. The van der Waals surface area contributed by atoms with Crippen LogP contribution in [0.1, 0.15) is 53.4 Å². The van der Waals surface area contributed by atoms with Gasteiger partial charge >= 0.3 is 0 Å². The molecule has 5 rings (SSSR count). The number of imidazole rings is 1. The highest BCUT2D eigenvalue weighted by atomic mass is 35.5. The molecule has 0 aliphatic carbocycles. The SMILES string of the molecule is Cc1ccccc1C(c1ccccc1C)C(c1nc(-c2ccccc2)[nH]c1C)(C(C)C)N1CCNCC1.Cl.Cl.Cl. The number of nitrogens with zero attached hydrogens (tertiary/aromatic N) is 2. The van der Waals surface area contributed by atoms with Crippen molar-refractivity contribution in [1.82, 2.24) is 20.2 Å². The Morgan fingerprint density at radius 3 is 1.73 bits per heavy atom. The Bertz CT molecular complexity index is 1300. The lowest BCUT2D eigenvalue weighted by molar-refractivity contribution is 0.0105. The summed E-state index contributed by atoms with van der Waals surface area (Å²) in [7, 11) is 0. The molecule has 0 amide bonds. The van der Waals surface area contributed by atoms with Gasteiger partial charge in [-0.3, -0.25) is 4.90 Å². The summed E-state index contributed by atoms with van der Waals surface area (Å²) in [6.07, 6.45) is 0. The number of rotatable bonds is 7. The maximum atomic E-state index is 5.46. The average molecular weight is 602 g/mol. The summed E-state index contributed by atoms with van der Waals surface area (Å²) >= 11 is 0. The molecule has 0 bridgehead atoms. The standard InChI is InChI=1S/C33H40N4.3ClH/c1-23(2)33(37-21-19-34-20-22-37,31-26(5)35-32(36-31)27-15-7-6-8-16-27)30(28-17-11-9-13-24(28)3)29-18-12-10-14-25(29)4;;;/h6-18,23,30,34H,19-22H2,1-5H3,(H,35,36);3*1H. The second-order valence-electron chi connectivity index (χ2n) is 10.8. The Morgan fingerprint density at radius 1 is 0.725 bits per heavy atom. The number of H-pyrrole nitrogens is 1. The zero-order chi connectivity index (χ0) is 26.0. The molecule has 3 aromatic carbocycles. The summed E-state index contributed by atoms with van der Waals surface area (Å²) in [6.45, 7) is 15.4. The minimum atomic E-state index is -0.339. The summed E-state index contributed by atoms with van der Waals surface area (Å²) < 4.78 is 0. The van der Waals surface area contributed by atoms with Crippen molar-refractivity contribution in [2.45, 2.75) is 46.1 Å². The first-order valence-corrected chi connectivity index (χ1v) is 13.6. The van der Waals surface area contributed by atoms with Gasteiger partial charge in [0.05, 0.1) is 11.2 Å². The number of benzene rings is 3. The highest BCUT2D eigenvalue weighted by Gasteiger charge is 2.52. The van der Waals surface area contributed by atoms with Gasteiger partial charge in [0.15, 0.2) is 0 Å². The normalized spacial score (nSPS) is 15.1. The minimum Gasteiger partial charge on any atom is -0.342 e. The van der Waals surface area contributed by atoms with Crippen molar-refractivity contribution >= 4 is 37.2 Å². The number of hydrogen-bond acceptors (Lipinski definition) is 3. The molecular weight excluding hydrogens is 559 g/mol. The van der Waals surface area contributed by atoms with Gasteiger partial charge in [0.25, 0.3) is 0 Å². The van der Waals surface area contributed by atoms with Gasteiger partial charge in [-0.25, -0.2) is 4.98 Å². The van der Waals surface area contributed by atoms with Gasteiger partial charge < -0.3 is 10.3 Å². The number of aromatic nitrogens is 2. The van der Waals surface area contributed by atoms with E-state index in [2.05, 4.69) is 129 Å². The lowest BCUT2D eigenvalue weighted by Crippen LogP contribution is -2.60. The first-order valence-electron chi connectivity index (χ1n) is 13.6. The van der Waals surface area contributed by atoms with E-state index < -0.39 is 0 Å². The Labute approximate surface area is 258 Å². The van der Waals surface area contributed by atoms with Gasteiger partial charge in [0.1, 0.15) is 5.82 Å². The first-order chi connectivity index (χ1) is 17.9. The topological polar surface area (TPSA) is 44.0 Å². The van der Waals surface area contributed by atoms with Crippen molar-refractivity contribution in [1.29, 1.82) is 0 Å². The van der Waals surface area contributed by atoms with E-state index in [0.29, 0.717) is 5.92 Å². The molecule has 216 valence electrons. The third-order valence-electron chi connectivity index (χ3n) is 8.27.